The molecule has 0 radical (unpaired) electrons. The number of fused-ring (bicyclic) bond motifs is 2. The van der Waals surface area contributed by atoms with Gasteiger partial charge in [0.2, 0.25) is 0 Å². The van der Waals surface area contributed by atoms with Crippen molar-refractivity contribution in [1.29, 1.82) is 0 Å². The van der Waals surface area contributed by atoms with Crippen molar-refractivity contribution in [2.75, 3.05) is 31.6 Å². The minimum Gasteiger partial charge on any atom is -0.490 e. The van der Waals surface area contributed by atoms with Crippen LogP contribution in [0, 0.1) is 0 Å². The SMILES string of the molecule is O=C(C[NH+]1CCC[C@H]1c1ccc2c(c1)OCCCO2)Nc1cccc2ccccc12. The van der Waals surface area contributed by atoms with Gasteiger partial charge in [-0.3, -0.25) is 4.79 Å². The van der Waals surface area contributed by atoms with Crippen molar-refractivity contribution in [2.24, 2.45) is 0 Å². The van der Waals surface area contributed by atoms with Gasteiger partial charge in [0.1, 0.15) is 6.04 Å². The van der Waals surface area contributed by atoms with Crippen molar-refractivity contribution in [3.63, 3.8) is 0 Å². The van der Waals surface area contributed by atoms with Gasteiger partial charge < -0.3 is 19.7 Å². The summed E-state index contributed by atoms with van der Waals surface area (Å²) >= 11 is 0. The third kappa shape index (κ3) is 3.85. The highest BCUT2D eigenvalue weighted by Crippen LogP contribution is 2.33. The summed E-state index contributed by atoms with van der Waals surface area (Å²) in [6, 6.07) is 20.7. The van der Waals surface area contributed by atoms with Crippen LogP contribution >= 0.6 is 0 Å². The smallest absolute Gasteiger partial charge is 0.279 e. The monoisotopic (exact) mass is 403 g/mol. The molecule has 0 saturated carbocycles. The molecule has 3 aromatic rings. The second kappa shape index (κ2) is 8.36. The molecule has 1 amide bonds. The van der Waals surface area contributed by atoms with E-state index in [9.17, 15) is 4.79 Å². The van der Waals surface area contributed by atoms with E-state index in [0.717, 1.165) is 53.8 Å². The van der Waals surface area contributed by atoms with Crippen molar-refractivity contribution >= 4 is 22.4 Å². The predicted octanol–water partition coefficient (Wildman–Crippen LogP) is 3.36. The van der Waals surface area contributed by atoms with Gasteiger partial charge in [-0.2, -0.15) is 0 Å². The van der Waals surface area contributed by atoms with Gasteiger partial charge in [-0.05, 0) is 29.7 Å². The van der Waals surface area contributed by atoms with E-state index in [4.69, 9.17) is 9.47 Å². The second-order valence-electron chi connectivity index (χ2n) is 8.11. The van der Waals surface area contributed by atoms with Crippen LogP contribution in [0.1, 0.15) is 30.9 Å². The van der Waals surface area contributed by atoms with Gasteiger partial charge >= 0.3 is 0 Å². The molecule has 2 aliphatic rings. The third-order valence-corrected chi connectivity index (χ3v) is 6.11. The number of likely N-dealkylation sites (tertiary alicyclic amines) is 1. The maximum Gasteiger partial charge on any atom is 0.279 e. The number of hydrogen-bond acceptors (Lipinski definition) is 3. The zero-order chi connectivity index (χ0) is 20.3. The molecular formula is C25H27N2O3+. The summed E-state index contributed by atoms with van der Waals surface area (Å²) in [5.74, 6) is 1.71. The molecule has 2 N–H and O–H groups in total. The maximum atomic E-state index is 12.9. The molecule has 30 heavy (non-hydrogen) atoms. The number of carbonyl (C=O) groups excluding carboxylic acids is 1. The average Bonchev–Trinajstić information content (AvgIpc) is 3.09. The molecule has 0 aromatic heterocycles. The van der Waals surface area contributed by atoms with Gasteiger partial charge in [0, 0.05) is 35.9 Å². The number of hydrogen-bond donors (Lipinski definition) is 2. The first-order valence-electron chi connectivity index (χ1n) is 10.8. The number of anilines is 1. The Morgan fingerprint density at radius 1 is 0.967 bits per heavy atom. The first-order valence-corrected chi connectivity index (χ1v) is 10.8. The van der Waals surface area contributed by atoms with Gasteiger partial charge in [0.15, 0.2) is 18.0 Å². The van der Waals surface area contributed by atoms with Crippen LogP contribution in [0.25, 0.3) is 10.8 Å². The van der Waals surface area contributed by atoms with Crippen molar-refractivity contribution in [3.8, 4) is 11.5 Å². The molecule has 1 saturated heterocycles. The molecule has 2 aliphatic heterocycles. The minimum atomic E-state index is 0.0580. The highest BCUT2D eigenvalue weighted by atomic mass is 16.5. The summed E-state index contributed by atoms with van der Waals surface area (Å²) in [6.45, 7) is 2.84. The first-order chi connectivity index (χ1) is 14.8. The van der Waals surface area contributed by atoms with Crippen LogP contribution in [0.4, 0.5) is 5.69 Å². The van der Waals surface area contributed by atoms with E-state index >= 15 is 0 Å². The number of benzene rings is 3. The Balaban J connectivity index is 1.31. The topological polar surface area (TPSA) is 52.0 Å². The summed E-state index contributed by atoms with van der Waals surface area (Å²) < 4.78 is 11.6. The van der Waals surface area contributed by atoms with Crippen LogP contribution in [0.15, 0.2) is 60.7 Å². The lowest BCUT2D eigenvalue weighted by atomic mass is 10.0. The Bertz CT molecular complexity index is 1060. The van der Waals surface area contributed by atoms with Crippen LogP contribution in [0.2, 0.25) is 0 Å². The van der Waals surface area contributed by atoms with Gasteiger partial charge in [-0.15, -0.1) is 0 Å². The summed E-state index contributed by atoms with van der Waals surface area (Å²) in [7, 11) is 0. The van der Waals surface area contributed by atoms with Crippen molar-refractivity contribution in [2.45, 2.75) is 25.3 Å². The summed E-state index contributed by atoms with van der Waals surface area (Å²) in [5.41, 5.74) is 2.11. The summed E-state index contributed by atoms with van der Waals surface area (Å²) in [4.78, 5) is 14.2. The van der Waals surface area contributed by atoms with E-state index in [0.29, 0.717) is 25.8 Å². The average molecular weight is 404 g/mol. The van der Waals surface area contributed by atoms with Crippen LogP contribution in [-0.2, 0) is 4.79 Å². The number of carbonyl (C=O) groups is 1. The molecule has 0 spiro atoms. The number of quaternary nitrogens is 1. The molecule has 2 atom stereocenters. The van der Waals surface area contributed by atoms with Gasteiger partial charge in [-0.25, -0.2) is 0 Å². The predicted molar refractivity (Wildman–Crippen MR) is 117 cm³/mol. The lowest BCUT2D eigenvalue weighted by molar-refractivity contribution is -0.910. The normalized spacial score (nSPS) is 20.7. The lowest BCUT2D eigenvalue weighted by Crippen LogP contribution is -3.11. The van der Waals surface area contributed by atoms with E-state index in [-0.39, 0.29) is 5.91 Å². The number of amides is 1. The molecule has 5 rings (SSSR count). The highest BCUT2D eigenvalue weighted by Gasteiger charge is 2.32. The van der Waals surface area contributed by atoms with Crippen molar-refractivity contribution in [1.82, 2.24) is 0 Å². The van der Waals surface area contributed by atoms with Crippen molar-refractivity contribution in [3.05, 3.63) is 66.2 Å². The molecule has 5 heteroatoms. The number of ether oxygens (including phenoxy) is 2. The fourth-order valence-electron chi connectivity index (χ4n) is 4.66. The van der Waals surface area contributed by atoms with Gasteiger partial charge in [0.05, 0.1) is 19.8 Å². The van der Waals surface area contributed by atoms with E-state index in [1.807, 2.05) is 36.4 Å². The van der Waals surface area contributed by atoms with E-state index in [1.54, 1.807) is 0 Å². The molecule has 3 aromatic carbocycles. The molecule has 154 valence electrons. The van der Waals surface area contributed by atoms with Crippen LogP contribution < -0.4 is 19.7 Å². The largest absolute Gasteiger partial charge is 0.490 e. The molecule has 2 heterocycles. The van der Waals surface area contributed by atoms with Crippen LogP contribution in [0.3, 0.4) is 0 Å². The first kappa shape index (κ1) is 18.9. The molecule has 5 nitrogen and oxygen atoms in total. The Hall–Kier alpha value is -3.05. The Labute approximate surface area is 176 Å². The van der Waals surface area contributed by atoms with Gasteiger partial charge in [-0.1, -0.05) is 36.4 Å². The molecule has 1 unspecified atom stereocenters. The number of nitrogens with one attached hydrogen (secondary N) is 2. The highest BCUT2D eigenvalue weighted by molar-refractivity contribution is 6.02. The Morgan fingerprint density at radius 3 is 2.73 bits per heavy atom. The third-order valence-electron chi connectivity index (χ3n) is 6.11. The standard InChI is InChI=1S/C25H26N2O3/c28-25(26-21-9-3-7-18-6-1-2-8-20(18)21)17-27-13-4-10-22(27)19-11-12-23-24(16-19)30-15-5-14-29-23/h1-3,6-9,11-12,16,22H,4-5,10,13-15,17H2,(H,26,28)/p+1/t22-/m0/s1. The van der Waals surface area contributed by atoms with Crippen LogP contribution in [-0.4, -0.2) is 32.2 Å². The zero-order valence-electron chi connectivity index (χ0n) is 17.0. The molecule has 0 aliphatic carbocycles. The van der Waals surface area contributed by atoms with Crippen molar-refractivity contribution < 1.29 is 19.2 Å². The Kier molecular flexibility index (Phi) is 5.28. The summed E-state index contributed by atoms with van der Waals surface area (Å²) in [6.07, 6.45) is 3.10. The Morgan fingerprint density at radius 2 is 1.80 bits per heavy atom. The molecule has 1 fully saturated rings. The number of rotatable bonds is 4. The van der Waals surface area contributed by atoms with Crippen LogP contribution in [0.5, 0.6) is 11.5 Å². The second-order valence-corrected chi connectivity index (χ2v) is 8.11. The van der Waals surface area contributed by atoms with E-state index < -0.39 is 0 Å². The minimum absolute atomic E-state index is 0.0580. The van der Waals surface area contributed by atoms with E-state index in [2.05, 4.69) is 29.6 Å². The lowest BCUT2D eigenvalue weighted by Gasteiger charge is -2.22. The van der Waals surface area contributed by atoms with Gasteiger partial charge in [0.25, 0.3) is 5.91 Å². The summed E-state index contributed by atoms with van der Waals surface area (Å²) in [5, 5.41) is 5.34. The molecular weight excluding hydrogens is 376 g/mol. The fraction of sp³-hybridized carbons (Fsp3) is 0.320. The zero-order valence-corrected chi connectivity index (χ0v) is 17.0. The van der Waals surface area contributed by atoms with E-state index in [1.165, 1.54) is 10.5 Å². The quantitative estimate of drug-likeness (QED) is 0.702. The molecule has 0 bridgehead atoms. The maximum absolute atomic E-state index is 12.9. The fourth-order valence-corrected chi connectivity index (χ4v) is 4.66.